The van der Waals surface area contributed by atoms with Crippen molar-refractivity contribution in [1.82, 2.24) is 14.4 Å². The summed E-state index contributed by atoms with van der Waals surface area (Å²) in [7, 11) is 0. The molecule has 0 fully saturated rings. The Morgan fingerprint density at radius 2 is 2.22 bits per heavy atom. The molecule has 0 aromatic carbocycles. The molecule has 6 nitrogen and oxygen atoms in total. The van der Waals surface area contributed by atoms with Crippen molar-refractivity contribution in [2.75, 3.05) is 0 Å². The van der Waals surface area contributed by atoms with Gasteiger partial charge in [0, 0.05) is 5.69 Å². The second kappa shape index (κ2) is 3.43. The van der Waals surface area contributed by atoms with Crippen molar-refractivity contribution >= 4 is 22.6 Å². The van der Waals surface area contributed by atoms with Crippen molar-refractivity contribution in [3.05, 3.63) is 46.0 Å². The van der Waals surface area contributed by atoms with Gasteiger partial charge in [0.15, 0.2) is 0 Å². The lowest BCUT2D eigenvalue weighted by Crippen LogP contribution is -2.16. The number of nitrogens with zero attached hydrogens (tertiary/aromatic N) is 2. The summed E-state index contributed by atoms with van der Waals surface area (Å²) in [6.07, 6.45) is 0. The van der Waals surface area contributed by atoms with E-state index in [0.29, 0.717) is 11.3 Å². The average molecular weight is 243 g/mol. The largest absolute Gasteiger partial charge is 0.477 e. The van der Waals surface area contributed by atoms with E-state index >= 15 is 0 Å². The van der Waals surface area contributed by atoms with E-state index in [4.69, 9.17) is 5.11 Å². The van der Waals surface area contributed by atoms with Gasteiger partial charge in [0.1, 0.15) is 17.0 Å². The summed E-state index contributed by atoms with van der Waals surface area (Å²) in [5.74, 6) is -1.11. The second-order valence-corrected chi connectivity index (χ2v) is 4.03. The molecular weight excluding hydrogens is 234 g/mol. The Labute approximate surface area is 101 Å². The first-order chi connectivity index (χ1) is 8.58. The quantitative estimate of drug-likeness (QED) is 0.671. The fourth-order valence-electron chi connectivity index (χ4n) is 2.00. The van der Waals surface area contributed by atoms with Crippen LogP contribution in [-0.2, 0) is 0 Å². The lowest BCUT2D eigenvalue weighted by atomic mass is 10.3. The maximum atomic E-state index is 12.3. The maximum absolute atomic E-state index is 12.3. The van der Waals surface area contributed by atoms with Crippen molar-refractivity contribution in [2.45, 2.75) is 6.92 Å². The molecule has 3 aromatic rings. The van der Waals surface area contributed by atoms with Crippen molar-refractivity contribution < 1.29 is 9.90 Å². The van der Waals surface area contributed by atoms with Crippen LogP contribution in [0.15, 0.2) is 29.1 Å². The highest BCUT2D eigenvalue weighted by molar-refractivity contribution is 5.92. The summed E-state index contributed by atoms with van der Waals surface area (Å²) < 4.78 is 1.46. The lowest BCUT2D eigenvalue weighted by molar-refractivity contribution is 0.0691. The molecule has 0 spiro atoms. The van der Waals surface area contributed by atoms with Crippen molar-refractivity contribution in [2.24, 2.45) is 0 Å². The summed E-state index contributed by atoms with van der Waals surface area (Å²) in [6.45, 7) is 1.80. The van der Waals surface area contributed by atoms with Crippen LogP contribution in [0.1, 0.15) is 16.2 Å². The van der Waals surface area contributed by atoms with Gasteiger partial charge in [0.2, 0.25) is 0 Å². The van der Waals surface area contributed by atoms with Crippen LogP contribution in [0.25, 0.3) is 16.7 Å². The average Bonchev–Trinajstić information content (AvgIpc) is 2.73. The second-order valence-electron chi connectivity index (χ2n) is 4.03. The molecule has 0 atom stereocenters. The molecule has 0 saturated carbocycles. The highest BCUT2D eigenvalue weighted by Gasteiger charge is 2.13. The van der Waals surface area contributed by atoms with Gasteiger partial charge < -0.3 is 10.1 Å². The number of aromatic carboxylic acids is 1. The SMILES string of the molecule is Cc1cccc2nc3[nH]c(C(=O)O)cc3c(=O)n12. The van der Waals surface area contributed by atoms with E-state index in [-0.39, 0.29) is 16.6 Å². The van der Waals surface area contributed by atoms with E-state index in [2.05, 4.69) is 9.97 Å². The summed E-state index contributed by atoms with van der Waals surface area (Å²) in [5.41, 5.74) is 1.24. The molecule has 2 N–H and O–H groups in total. The third kappa shape index (κ3) is 1.32. The standard InChI is InChI=1S/C12H9N3O3/c1-6-3-2-4-9-14-10-7(11(16)15(6)9)5-8(13-10)12(17)18/h2-5,13H,1H3,(H,17,18). The Bertz CT molecular complexity index is 845. The number of carboxylic acids is 1. The minimum Gasteiger partial charge on any atom is -0.477 e. The number of aromatic nitrogens is 3. The van der Waals surface area contributed by atoms with Gasteiger partial charge in [0.25, 0.3) is 5.56 Å². The number of pyridine rings is 1. The topological polar surface area (TPSA) is 87.5 Å². The van der Waals surface area contributed by atoms with Crippen molar-refractivity contribution in [1.29, 1.82) is 0 Å². The Morgan fingerprint density at radius 1 is 1.44 bits per heavy atom. The number of nitrogens with one attached hydrogen (secondary N) is 1. The molecular formula is C12H9N3O3. The zero-order chi connectivity index (χ0) is 12.9. The Balaban J connectivity index is 2.53. The highest BCUT2D eigenvalue weighted by atomic mass is 16.4. The molecule has 3 heterocycles. The van der Waals surface area contributed by atoms with Crippen LogP contribution in [0.3, 0.4) is 0 Å². The summed E-state index contributed by atoms with van der Waals surface area (Å²) in [6, 6.07) is 6.61. The van der Waals surface area contributed by atoms with Gasteiger partial charge in [-0.05, 0) is 25.1 Å². The Kier molecular flexibility index (Phi) is 2.00. The number of H-pyrrole nitrogens is 1. The fourth-order valence-corrected chi connectivity index (χ4v) is 2.00. The Morgan fingerprint density at radius 3 is 2.94 bits per heavy atom. The van der Waals surface area contributed by atoms with Gasteiger partial charge in [0.05, 0.1) is 5.39 Å². The molecule has 3 rings (SSSR count). The molecule has 0 aliphatic rings. The molecule has 0 aliphatic heterocycles. The van der Waals surface area contributed by atoms with Crippen molar-refractivity contribution in [3.63, 3.8) is 0 Å². The number of hydrogen-bond donors (Lipinski definition) is 2. The summed E-state index contributed by atoms with van der Waals surface area (Å²) in [5, 5.41) is 9.18. The molecule has 6 heteroatoms. The first-order valence-corrected chi connectivity index (χ1v) is 5.32. The number of hydrogen-bond acceptors (Lipinski definition) is 3. The van der Waals surface area contributed by atoms with Crippen molar-refractivity contribution in [3.8, 4) is 0 Å². The van der Waals surface area contributed by atoms with E-state index < -0.39 is 5.97 Å². The number of fused-ring (bicyclic) bond motifs is 2. The number of carboxylic acid groups (broad SMARTS) is 1. The van der Waals surface area contributed by atoms with Gasteiger partial charge in [-0.1, -0.05) is 6.07 Å². The molecule has 3 aromatic heterocycles. The number of aromatic amines is 1. The molecule has 0 saturated heterocycles. The summed E-state index contributed by atoms with van der Waals surface area (Å²) >= 11 is 0. The summed E-state index contributed by atoms with van der Waals surface area (Å²) in [4.78, 5) is 30.0. The monoisotopic (exact) mass is 243 g/mol. The van der Waals surface area contributed by atoms with Crippen LogP contribution in [0.2, 0.25) is 0 Å². The first-order valence-electron chi connectivity index (χ1n) is 5.32. The highest BCUT2D eigenvalue weighted by Crippen LogP contribution is 2.12. The molecule has 0 unspecified atom stereocenters. The first kappa shape index (κ1) is 10.5. The van der Waals surface area contributed by atoms with Gasteiger partial charge in [-0.3, -0.25) is 9.20 Å². The van der Waals surface area contributed by atoms with Crippen LogP contribution in [0, 0.1) is 6.92 Å². The zero-order valence-corrected chi connectivity index (χ0v) is 9.47. The predicted molar refractivity (Wildman–Crippen MR) is 65.0 cm³/mol. The molecule has 0 aliphatic carbocycles. The molecule has 0 bridgehead atoms. The zero-order valence-electron chi connectivity index (χ0n) is 9.47. The van der Waals surface area contributed by atoms with Gasteiger partial charge >= 0.3 is 5.97 Å². The third-order valence-electron chi connectivity index (χ3n) is 2.85. The number of aryl methyl sites for hydroxylation is 1. The molecule has 0 amide bonds. The van der Waals surface area contributed by atoms with Crippen LogP contribution in [0.5, 0.6) is 0 Å². The molecule has 90 valence electrons. The minimum atomic E-state index is -1.11. The fraction of sp³-hybridized carbons (Fsp3) is 0.0833. The van der Waals surface area contributed by atoms with Crippen LogP contribution >= 0.6 is 0 Å². The molecule has 18 heavy (non-hydrogen) atoms. The van der Waals surface area contributed by atoms with Gasteiger partial charge in [-0.2, -0.15) is 0 Å². The van der Waals surface area contributed by atoms with Gasteiger partial charge in [-0.25, -0.2) is 9.78 Å². The predicted octanol–water partition coefficient (Wildman–Crippen LogP) is 1.18. The lowest BCUT2D eigenvalue weighted by Gasteiger charge is -2.03. The van der Waals surface area contributed by atoms with Crippen LogP contribution in [0.4, 0.5) is 0 Å². The Hall–Kier alpha value is -2.63. The normalized spacial score (nSPS) is 11.2. The van der Waals surface area contributed by atoms with Gasteiger partial charge in [-0.15, -0.1) is 0 Å². The third-order valence-corrected chi connectivity index (χ3v) is 2.85. The molecule has 0 radical (unpaired) electrons. The number of carbonyl (C=O) groups is 1. The van der Waals surface area contributed by atoms with E-state index in [0.717, 1.165) is 5.69 Å². The van der Waals surface area contributed by atoms with E-state index in [9.17, 15) is 9.59 Å². The van der Waals surface area contributed by atoms with E-state index in [1.165, 1.54) is 10.5 Å². The maximum Gasteiger partial charge on any atom is 0.352 e. The smallest absolute Gasteiger partial charge is 0.352 e. The number of rotatable bonds is 1. The van der Waals surface area contributed by atoms with Crippen LogP contribution in [-0.4, -0.2) is 25.4 Å². The minimum absolute atomic E-state index is 0.0387. The van der Waals surface area contributed by atoms with E-state index in [1.807, 2.05) is 0 Å². The van der Waals surface area contributed by atoms with Crippen LogP contribution < -0.4 is 5.56 Å². The van der Waals surface area contributed by atoms with E-state index in [1.54, 1.807) is 25.1 Å².